The molecule has 1 aromatic carbocycles. The number of benzene rings is 1. The highest BCUT2D eigenvalue weighted by molar-refractivity contribution is 5.69. The van der Waals surface area contributed by atoms with Crippen LogP contribution in [0.4, 0.5) is 5.69 Å². The predicted molar refractivity (Wildman–Crippen MR) is 110 cm³/mol. The molecule has 0 amide bonds. The summed E-state index contributed by atoms with van der Waals surface area (Å²) in [5.74, 6) is 0. The van der Waals surface area contributed by atoms with Crippen LogP contribution in [0, 0.1) is 13.8 Å². The Morgan fingerprint density at radius 3 is 2.74 bits per heavy atom. The first-order chi connectivity index (χ1) is 13.0. The third-order valence-corrected chi connectivity index (χ3v) is 6.05. The zero-order chi connectivity index (χ0) is 19.1. The summed E-state index contributed by atoms with van der Waals surface area (Å²) in [4.78, 5) is 6.92. The van der Waals surface area contributed by atoms with Crippen molar-refractivity contribution < 1.29 is 0 Å². The fourth-order valence-corrected chi connectivity index (χ4v) is 4.49. The summed E-state index contributed by atoms with van der Waals surface area (Å²) in [5.41, 5.74) is 9.02. The van der Waals surface area contributed by atoms with Crippen molar-refractivity contribution in [2.45, 2.75) is 53.1 Å². The fraction of sp³-hybridized carbons (Fsp3) is 0.455. The maximum atomic E-state index is 4.54. The van der Waals surface area contributed by atoms with Gasteiger partial charge in [0.1, 0.15) is 0 Å². The maximum absolute atomic E-state index is 4.54. The molecule has 1 aliphatic heterocycles. The molecule has 0 aliphatic carbocycles. The normalized spacial score (nSPS) is 16.2. The highest BCUT2D eigenvalue weighted by Gasteiger charge is 2.25. The van der Waals surface area contributed by atoms with E-state index in [1.807, 2.05) is 24.3 Å². The molecule has 3 aromatic rings. The molecule has 0 N–H and O–H groups in total. The first kappa shape index (κ1) is 17.8. The van der Waals surface area contributed by atoms with Crippen molar-refractivity contribution in [2.75, 3.05) is 11.4 Å². The van der Waals surface area contributed by atoms with Crippen molar-refractivity contribution in [3.05, 3.63) is 53.2 Å². The molecular formula is C22H29N5. The number of fused-ring (bicyclic) bond motifs is 1. The molecule has 1 unspecified atom stereocenters. The minimum Gasteiger partial charge on any atom is -0.369 e. The molecule has 142 valence electrons. The lowest BCUT2D eigenvalue weighted by molar-refractivity contribution is 0.690. The summed E-state index contributed by atoms with van der Waals surface area (Å²) >= 11 is 0. The third-order valence-electron chi connectivity index (χ3n) is 6.05. The molecule has 5 heteroatoms. The van der Waals surface area contributed by atoms with Gasteiger partial charge in [0.15, 0.2) is 0 Å². The van der Waals surface area contributed by atoms with E-state index in [9.17, 15) is 0 Å². The number of aromatic nitrogens is 4. The topological polar surface area (TPSA) is 38.9 Å². The number of aryl methyl sites for hydroxylation is 3. The smallest absolute Gasteiger partial charge is 0.0951 e. The monoisotopic (exact) mass is 363 g/mol. The van der Waals surface area contributed by atoms with Crippen LogP contribution in [0.2, 0.25) is 0 Å². The quantitative estimate of drug-likeness (QED) is 0.690. The molecule has 0 fully saturated rings. The van der Waals surface area contributed by atoms with Crippen LogP contribution in [0.15, 0.2) is 30.7 Å². The molecular weight excluding hydrogens is 334 g/mol. The van der Waals surface area contributed by atoms with Gasteiger partial charge < -0.3 is 9.47 Å². The van der Waals surface area contributed by atoms with E-state index in [0.29, 0.717) is 6.04 Å². The van der Waals surface area contributed by atoms with Gasteiger partial charge in [-0.25, -0.2) is 4.98 Å². The van der Waals surface area contributed by atoms with Gasteiger partial charge in [0.2, 0.25) is 0 Å². The van der Waals surface area contributed by atoms with E-state index in [2.05, 4.69) is 65.4 Å². The van der Waals surface area contributed by atoms with Gasteiger partial charge in [-0.1, -0.05) is 6.07 Å². The largest absolute Gasteiger partial charge is 0.369 e. The van der Waals surface area contributed by atoms with E-state index in [-0.39, 0.29) is 0 Å². The number of imidazole rings is 1. The van der Waals surface area contributed by atoms with Crippen molar-refractivity contribution in [3.8, 4) is 11.3 Å². The number of likely N-dealkylation sites (N-methyl/N-ethyl adjacent to an activating group) is 1. The lowest BCUT2D eigenvalue weighted by atomic mass is 10.0. The van der Waals surface area contributed by atoms with Crippen LogP contribution in [0.1, 0.15) is 36.4 Å². The van der Waals surface area contributed by atoms with Crippen molar-refractivity contribution in [1.82, 2.24) is 19.3 Å². The van der Waals surface area contributed by atoms with E-state index in [1.54, 1.807) is 0 Å². The molecule has 0 spiro atoms. The zero-order valence-corrected chi connectivity index (χ0v) is 17.0. The number of anilines is 1. The van der Waals surface area contributed by atoms with Crippen LogP contribution in [0.3, 0.4) is 0 Å². The Balaban J connectivity index is 1.59. The standard InChI is InChI=1S/C22H29N5/c1-6-27-15(2)11-19-12-18(7-8-21(19)27)22-13-23-14-26(22)10-9-20-16(3)24-25(5)17(20)4/h7-8,12-15H,6,9-11H2,1-5H3. The SMILES string of the molecule is CCN1c2ccc(-c3cncn3CCc3c(C)nn(C)c3C)cc2CC1C. The Morgan fingerprint density at radius 2 is 2.04 bits per heavy atom. The maximum Gasteiger partial charge on any atom is 0.0951 e. The average Bonchev–Trinajstić information content (AvgIpc) is 3.29. The molecule has 0 bridgehead atoms. The lowest BCUT2D eigenvalue weighted by Crippen LogP contribution is -2.28. The predicted octanol–water partition coefficient (Wildman–Crippen LogP) is 3.91. The highest BCUT2D eigenvalue weighted by atomic mass is 15.3. The number of rotatable bonds is 5. The van der Waals surface area contributed by atoms with E-state index in [1.165, 1.54) is 33.8 Å². The highest BCUT2D eigenvalue weighted by Crippen LogP contribution is 2.35. The minimum absolute atomic E-state index is 0.585. The summed E-state index contributed by atoms with van der Waals surface area (Å²) in [5, 5.41) is 4.54. The van der Waals surface area contributed by atoms with Crippen LogP contribution in [-0.4, -0.2) is 31.9 Å². The summed E-state index contributed by atoms with van der Waals surface area (Å²) < 4.78 is 4.24. The Hall–Kier alpha value is -2.56. The van der Waals surface area contributed by atoms with Crippen molar-refractivity contribution in [1.29, 1.82) is 0 Å². The van der Waals surface area contributed by atoms with Gasteiger partial charge in [-0.2, -0.15) is 5.10 Å². The fourth-order valence-electron chi connectivity index (χ4n) is 4.49. The molecule has 1 aliphatic rings. The number of nitrogens with zero attached hydrogens (tertiary/aromatic N) is 5. The van der Waals surface area contributed by atoms with Crippen molar-refractivity contribution in [2.24, 2.45) is 7.05 Å². The molecule has 1 atom stereocenters. The van der Waals surface area contributed by atoms with Gasteiger partial charge in [0.05, 0.1) is 23.9 Å². The van der Waals surface area contributed by atoms with Gasteiger partial charge >= 0.3 is 0 Å². The van der Waals surface area contributed by atoms with E-state index in [0.717, 1.165) is 31.6 Å². The molecule has 4 rings (SSSR count). The van der Waals surface area contributed by atoms with Crippen molar-refractivity contribution in [3.63, 3.8) is 0 Å². The second-order valence-corrected chi connectivity index (χ2v) is 7.68. The van der Waals surface area contributed by atoms with Crippen LogP contribution < -0.4 is 4.90 Å². The van der Waals surface area contributed by atoms with Gasteiger partial charge in [-0.3, -0.25) is 4.68 Å². The molecule has 3 heterocycles. The van der Waals surface area contributed by atoms with Crippen LogP contribution in [0.5, 0.6) is 0 Å². The molecule has 0 saturated carbocycles. The van der Waals surface area contributed by atoms with Crippen LogP contribution in [0.25, 0.3) is 11.3 Å². The zero-order valence-electron chi connectivity index (χ0n) is 17.0. The number of hydrogen-bond acceptors (Lipinski definition) is 3. The van der Waals surface area contributed by atoms with E-state index in [4.69, 9.17) is 0 Å². The van der Waals surface area contributed by atoms with Gasteiger partial charge in [-0.15, -0.1) is 0 Å². The van der Waals surface area contributed by atoms with Gasteiger partial charge in [0.25, 0.3) is 0 Å². The molecule has 2 aromatic heterocycles. The van der Waals surface area contributed by atoms with Gasteiger partial charge in [-0.05, 0) is 63.8 Å². The summed E-state index contributed by atoms with van der Waals surface area (Å²) in [6.45, 7) is 10.8. The molecule has 5 nitrogen and oxygen atoms in total. The second-order valence-electron chi connectivity index (χ2n) is 7.68. The molecule has 27 heavy (non-hydrogen) atoms. The van der Waals surface area contributed by atoms with Crippen LogP contribution >= 0.6 is 0 Å². The first-order valence-electron chi connectivity index (χ1n) is 9.88. The minimum atomic E-state index is 0.585. The van der Waals surface area contributed by atoms with Crippen molar-refractivity contribution >= 4 is 5.69 Å². The first-order valence-corrected chi connectivity index (χ1v) is 9.88. The van der Waals surface area contributed by atoms with Crippen LogP contribution in [-0.2, 0) is 26.4 Å². The molecule has 0 radical (unpaired) electrons. The Bertz CT molecular complexity index is 965. The van der Waals surface area contributed by atoms with E-state index < -0.39 is 0 Å². The Morgan fingerprint density at radius 1 is 1.22 bits per heavy atom. The molecule has 0 saturated heterocycles. The third kappa shape index (κ3) is 3.05. The second kappa shape index (κ2) is 6.87. The summed E-state index contributed by atoms with van der Waals surface area (Å²) in [6.07, 6.45) is 6.03. The van der Waals surface area contributed by atoms with Gasteiger partial charge in [0, 0.05) is 43.1 Å². The number of hydrogen-bond donors (Lipinski definition) is 0. The average molecular weight is 364 g/mol. The summed E-state index contributed by atoms with van der Waals surface area (Å²) in [6, 6.07) is 7.47. The summed E-state index contributed by atoms with van der Waals surface area (Å²) in [7, 11) is 2.01. The lowest BCUT2D eigenvalue weighted by Gasteiger charge is -2.22. The Labute approximate surface area is 161 Å². The Kier molecular flexibility index (Phi) is 4.54. The van der Waals surface area contributed by atoms with E-state index >= 15 is 0 Å².